The SMILES string of the molecule is CCCCCC(O)C#CC1CC2C(=NOCCCC(=O)O)CC2C1O. The molecule has 140 valence electrons. The zero-order valence-electron chi connectivity index (χ0n) is 14.9. The minimum absolute atomic E-state index is 0.0772. The highest BCUT2D eigenvalue weighted by molar-refractivity contribution is 5.93. The molecular formula is C19H29NO5. The van der Waals surface area contributed by atoms with Crippen LogP contribution in [-0.2, 0) is 9.63 Å². The van der Waals surface area contributed by atoms with Gasteiger partial charge in [0.15, 0.2) is 0 Å². The topological polar surface area (TPSA) is 99.4 Å². The first kappa shape index (κ1) is 19.7. The number of aliphatic hydroxyl groups is 2. The standard InChI is InChI=1S/C19H29NO5/c1-2-3-4-6-14(21)9-8-13-11-15-16(19(13)24)12-17(15)20-25-10-5-7-18(22)23/h13-16,19,21,24H,2-7,10-12H2,1H3,(H,22,23). The monoisotopic (exact) mass is 351 g/mol. The summed E-state index contributed by atoms with van der Waals surface area (Å²) >= 11 is 0. The van der Waals surface area contributed by atoms with Gasteiger partial charge in [-0.25, -0.2) is 0 Å². The molecule has 0 bridgehead atoms. The Bertz CT molecular complexity index is 536. The van der Waals surface area contributed by atoms with Crippen LogP contribution in [0.4, 0.5) is 0 Å². The molecule has 5 unspecified atom stereocenters. The molecule has 2 fully saturated rings. The molecule has 0 heterocycles. The van der Waals surface area contributed by atoms with Crippen molar-refractivity contribution in [2.75, 3.05) is 6.61 Å². The number of rotatable bonds is 9. The second-order valence-electron chi connectivity index (χ2n) is 7.02. The van der Waals surface area contributed by atoms with Gasteiger partial charge in [0, 0.05) is 18.3 Å². The number of oxime groups is 1. The lowest BCUT2D eigenvalue weighted by Crippen LogP contribution is -2.38. The van der Waals surface area contributed by atoms with Crippen molar-refractivity contribution in [3.05, 3.63) is 0 Å². The van der Waals surface area contributed by atoms with Gasteiger partial charge < -0.3 is 20.2 Å². The summed E-state index contributed by atoms with van der Waals surface area (Å²) in [5.41, 5.74) is 0.937. The molecule has 0 amide bonds. The van der Waals surface area contributed by atoms with E-state index in [0.29, 0.717) is 25.9 Å². The number of carboxylic acid groups (broad SMARTS) is 1. The number of fused-ring (bicyclic) bond motifs is 1. The Kier molecular flexibility index (Phi) is 7.73. The van der Waals surface area contributed by atoms with E-state index in [4.69, 9.17) is 9.94 Å². The first-order chi connectivity index (χ1) is 12.0. The van der Waals surface area contributed by atoms with Crippen molar-refractivity contribution in [3.63, 3.8) is 0 Å². The van der Waals surface area contributed by atoms with E-state index in [1.165, 1.54) is 0 Å². The number of hydrogen-bond acceptors (Lipinski definition) is 5. The van der Waals surface area contributed by atoms with Crippen molar-refractivity contribution < 1.29 is 25.0 Å². The second kappa shape index (κ2) is 9.79. The Labute approximate surface area is 149 Å². The maximum Gasteiger partial charge on any atom is 0.303 e. The van der Waals surface area contributed by atoms with E-state index in [9.17, 15) is 15.0 Å². The quantitative estimate of drug-likeness (QED) is 0.336. The highest BCUT2D eigenvalue weighted by Gasteiger charge is 2.51. The van der Waals surface area contributed by atoms with Gasteiger partial charge >= 0.3 is 5.97 Å². The fourth-order valence-corrected chi connectivity index (χ4v) is 3.53. The van der Waals surface area contributed by atoms with Crippen LogP contribution in [0.25, 0.3) is 0 Å². The number of carbonyl (C=O) groups is 1. The smallest absolute Gasteiger partial charge is 0.303 e. The molecule has 0 radical (unpaired) electrons. The first-order valence-corrected chi connectivity index (χ1v) is 9.30. The minimum atomic E-state index is -0.836. The Balaban J connectivity index is 1.75. The van der Waals surface area contributed by atoms with E-state index in [2.05, 4.69) is 23.9 Å². The van der Waals surface area contributed by atoms with Crippen LogP contribution < -0.4 is 0 Å². The summed E-state index contributed by atoms with van der Waals surface area (Å²) in [6.45, 7) is 2.42. The summed E-state index contributed by atoms with van der Waals surface area (Å²) < 4.78 is 0. The Morgan fingerprint density at radius 2 is 2.20 bits per heavy atom. The van der Waals surface area contributed by atoms with Crippen LogP contribution in [-0.4, -0.2) is 45.8 Å². The van der Waals surface area contributed by atoms with E-state index in [1.807, 2.05) is 0 Å². The van der Waals surface area contributed by atoms with Crippen molar-refractivity contribution in [2.24, 2.45) is 22.9 Å². The minimum Gasteiger partial charge on any atom is -0.481 e. The van der Waals surface area contributed by atoms with Crippen molar-refractivity contribution >= 4 is 11.7 Å². The fraction of sp³-hybridized carbons (Fsp3) is 0.789. The summed E-state index contributed by atoms with van der Waals surface area (Å²) in [7, 11) is 0. The molecule has 2 aliphatic rings. The molecule has 2 aliphatic carbocycles. The van der Waals surface area contributed by atoms with Gasteiger partial charge in [-0.2, -0.15) is 0 Å². The lowest BCUT2D eigenvalue weighted by atomic mass is 9.73. The van der Waals surface area contributed by atoms with E-state index < -0.39 is 18.2 Å². The summed E-state index contributed by atoms with van der Waals surface area (Å²) in [5, 5.41) is 32.9. The number of hydrogen-bond donors (Lipinski definition) is 3. The van der Waals surface area contributed by atoms with Gasteiger partial charge in [0.05, 0.1) is 11.8 Å². The Hall–Kier alpha value is -1.58. The number of aliphatic hydroxyl groups excluding tert-OH is 2. The van der Waals surface area contributed by atoms with Crippen LogP contribution in [0, 0.1) is 29.6 Å². The highest BCUT2D eigenvalue weighted by Crippen LogP contribution is 2.47. The molecule has 0 aromatic carbocycles. The molecule has 6 heteroatoms. The zero-order valence-corrected chi connectivity index (χ0v) is 14.9. The normalized spacial score (nSPS) is 30.1. The average molecular weight is 351 g/mol. The van der Waals surface area contributed by atoms with Crippen LogP contribution >= 0.6 is 0 Å². The largest absolute Gasteiger partial charge is 0.481 e. The van der Waals surface area contributed by atoms with Gasteiger partial charge in [-0.05, 0) is 38.0 Å². The van der Waals surface area contributed by atoms with Crippen molar-refractivity contribution in [1.82, 2.24) is 0 Å². The molecule has 0 saturated heterocycles. The van der Waals surface area contributed by atoms with Gasteiger partial charge in [0.25, 0.3) is 0 Å². The fourth-order valence-electron chi connectivity index (χ4n) is 3.53. The van der Waals surface area contributed by atoms with Crippen LogP contribution in [0.1, 0.15) is 58.3 Å². The van der Waals surface area contributed by atoms with Gasteiger partial charge in [-0.15, -0.1) is 0 Å². The van der Waals surface area contributed by atoms with Gasteiger partial charge in [-0.3, -0.25) is 4.79 Å². The highest BCUT2D eigenvalue weighted by atomic mass is 16.6. The van der Waals surface area contributed by atoms with E-state index >= 15 is 0 Å². The molecule has 0 aromatic rings. The zero-order chi connectivity index (χ0) is 18.2. The van der Waals surface area contributed by atoms with Crippen LogP contribution in [0.5, 0.6) is 0 Å². The molecule has 0 aliphatic heterocycles. The second-order valence-corrected chi connectivity index (χ2v) is 7.02. The molecule has 0 aromatic heterocycles. The number of unbranched alkanes of at least 4 members (excludes halogenated alkanes) is 2. The van der Waals surface area contributed by atoms with E-state index in [1.54, 1.807) is 0 Å². The van der Waals surface area contributed by atoms with Crippen LogP contribution in [0.2, 0.25) is 0 Å². The molecule has 5 atom stereocenters. The van der Waals surface area contributed by atoms with Gasteiger partial charge in [0.2, 0.25) is 0 Å². The van der Waals surface area contributed by atoms with Gasteiger partial charge in [0.1, 0.15) is 12.7 Å². The van der Waals surface area contributed by atoms with E-state index in [-0.39, 0.29) is 24.2 Å². The number of aliphatic carboxylic acids is 1. The number of carboxylic acids is 1. The van der Waals surface area contributed by atoms with Crippen molar-refractivity contribution in [1.29, 1.82) is 0 Å². The lowest BCUT2D eigenvalue weighted by Gasteiger charge is -2.33. The van der Waals surface area contributed by atoms with Crippen LogP contribution in [0.15, 0.2) is 5.16 Å². The van der Waals surface area contributed by atoms with Crippen LogP contribution in [0.3, 0.4) is 0 Å². The molecular weight excluding hydrogens is 322 g/mol. The summed E-state index contributed by atoms with van der Waals surface area (Å²) in [4.78, 5) is 15.6. The lowest BCUT2D eigenvalue weighted by molar-refractivity contribution is -0.137. The molecule has 2 saturated carbocycles. The third kappa shape index (κ3) is 5.72. The Morgan fingerprint density at radius 3 is 2.92 bits per heavy atom. The van der Waals surface area contributed by atoms with E-state index in [0.717, 1.165) is 31.4 Å². The third-order valence-electron chi connectivity index (χ3n) is 5.07. The molecule has 0 spiro atoms. The molecule has 6 nitrogen and oxygen atoms in total. The maximum atomic E-state index is 10.4. The molecule has 2 rings (SSSR count). The van der Waals surface area contributed by atoms with Crippen molar-refractivity contribution in [3.8, 4) is 11.8 Å². The number of nitrogens with zero attached hydrogens (tertiary/aromatic N) is 1. The predicted octanol–water partition coefficient (Wildman–Crippen LogP) is 2.19. The third-order valence-corrected chi connectivity index (χ3v) is 5.07. The maximum absolute atomic E-state index is 10.4. The summed E-state index contributed by atoms with van der Waals surface area (Å²) in [5.74, 6) is 5.37. The van der Waals surface area contributed by atoms with Crippen molar-refractivity contribution in [2.45, 2.75) is 70.5 Å². The Morgan fingerprint density at radius 1 is 1.40 bits per heavy atom. The van der Waals surface area contributed by atoms with Gasteiger partial charge in [-0.1, -0.05) is 36.8 Å². The first-order valence-electron chi connectivity index (χ1n) is 9.30. The molecule has 25 heavy (non-hydrogen) atoms. The summed E-state index contributed by atoms with van der Waals surface area (Å²) in [6.07, 6.45) is 4.77. The summed E-state index contributed by atoms with van der Waals surface area (Å²) in [6, 6.07) is 0. The molecule has 3 N–H and O–H groups in total. The predicted molar refractivity (Wildman–Crippen MR) is 93.9 cm³/mol. The average Bonchev–Trinajstić information content (AvgIpc) is 2.79.